The molecule has 1 saturated heterocycles. The molecule has 2 unspecified atom stereocenters. The van der Waals surface area contributed by atoms with Gasteiger partial charge in [0.2, 0.25) is 0 Å². The van der Waals surface area contributed by atoms with E-state index in [9.17, 15) is 4.79 Å². The number of fused-ring (bicyclic) bond motifs is 1. The maximum atomic E-state index is 12.5. The van der Waals surface area contributed by atoms with Crippen LogP contribution in [-0.2, 0) is 11.2 Å². The Morgan fingerprint density at radius 3 is 3.00 bits per heavy atom. The molecule has 0 spiro atoms. The van der Waals surface area contributed by atoms with Crippen molar-refractivity contribution in [1.29, 1.82) is 0 Å². The van der Waals surface area contributed by atoms with Crippen LogP contribution in [0.2, 0.25) is 0 Å². The molecule has 1 aromatic rings. The van der Waals surface area contributed by atoms with Gasteiger partial charge in [0.25, 0.3) is 0 Å². The summed E-state index contributed by atoms with van der Waals surface area (Å²) in [4.78, 5) is 12.5. The topological polar surface area (TPSA) is 35.5 Å². The standard InChI is InChI=1S/C14H15BrO3/c1-8-4-10(7-18-8)13(16)12-6-11(15)5-9-2-3-17-14(9)12/h5-6,8,10H,2-4,7H2,1H3. The van der Waals surface area contributed by atoms with Crippen molar-refractivity contribution in [2.75, 3.05) is 13.2 Å². The molecule has 0 radical (unpaired) electrons. The Bertz CT molecular complexity index is 498. The van der Waals surface area contributed by atoms with E-state index in [-0.39, 0.29) is 17.8 Å². The number of carbonyl (C=O) groups is 1. The molecule has 3 nitrogen and oxygen atoms in total. The van der Waals surface area contributed by atoms with Crippen molar-refractivity contribution in [2.24, 2.45) is 5.92 Å². The van der Waals surface area contributed by atoms with Gasteiger partial charge in [-0.2, -0.15) is 0 Å². The third-order valence-electron chi connectivity index (χ3n) is 3.58. The summed E-state index contributed by atoms with van der Waals surface area (Å²) >= 11 is 3.47. The Kier molecular flexibility index (Phi) is 3.16. The first-order chi connectivity index (χ1) is 8.65. The molecule has 0 N–H and O–H groups in total. The highest BCUT2D eigenvalue weighted by molar-refractivity contribution is 9.10. The molecule has 2 aliphatic heterocycles. The molecular weight excluding hydrogens is 296 g/mol. The fourth-order valence-electron chi connectivity index (χ4n) is 2.67. The molecule has 1 fully saturated rings. The SMILES string of the molecule is CC1CC(C(=O)c2cc(Br)cc3c2OCC3)CO1. The second-order valence-electron chi connectivity index (χ2n) is 4.98. The average molecular weight is 311 g/mol. The smallest absolute Gasteiger partial charge is 0.172 e. The number of rotatable bonds is 2. The lowest BCUT2D eigenvalue weighted by molar-refractivity contribution is 0.0874. The Hall–Kier alpha value is -0.870. The summed E-state index contributed by atoms with van der Waals surface area (Å²) < 4.78 is 12.0. The molecule has 4 heteroatoms. The van der Waals surface area contributed by atoms with Crippen molar-refractivity contribution in [3.63, 3.8) is 0 Å². The maximum absolute atomic E-state index is 12.5. The molecule has 2 aliphatic rings. The minimum atomic E-state index is -0.0254. The number of hydrogen-bond donors (Lipinski definition) is 0. The van der Waals surface area contributed by atoms with Crippen LogP contribution >= 0.6 is 15.9 Å². The molecule has 0 bridgehead atoms. The Morgan fingerprint density at radius 1 is 1.44 bits per heavy atom. The molecule has 3 rings (SSSR count). The van der Waals surface area contributed by atoms with Crippen molar-refractivity contribution in [3.05, 3.63) is 27.7 Å². The third kappa shape index (κ3) is 2.08. The second kappa shape index (κ2) is 4.67. The van der Waals surface area contributed by atoms with Crippen molar-refractivity contribution >= 4 is 21.7 Å². The number of Topliss-reactive ketones (excluding diaryl/α,β-unsaturated/α-hetero) is 1. The van der Waals surface area contributed by atoms with Crippen molar-refractivity contribution in [1.82, 2.24) is 0 Å². The fraction of sp³-hybridized carbons (Fsp3) is 0.500. The van der Waals surface area contributed by atoms with Crippen LogP contribution in [0.3, 0.4) is 0 Å². The highest BCUT2D eigenvalue weighted by Gasteiger charge is 2.32. The lowest BCUT2D eigenvalue weighted by Gasteiger charge is -2.11. The van der Waals surface area contributed by atoms with Gasteiger partial charge >= 0.3 is 0 Å². The first-order valence-electron chi connectivity index (χ1n) is 6.26. The van der Waals surface area contributed by atoms with E-state index >= 15 is 0 Å². The van der Waals surface area contributed by atoms with Gasteiger partial charge in [-0.05, 0) is 31.0 Å². The average Bonchev–Trinajstić information content (AvgIpc) is 2.95. The molecule has 0 aliphatic carbocycles. The molecule has 18 heavy (non-hydrogen) atoms. The number of benzene rings is 1. The lowest BCUT2D eigenvalue weighted by atomic mass is 9.93. The predicted molar refractivity (Wildman–Crippen MR) is 71.2 cm³/mol. The number of halogens is 1. The summed E-state index contributed by atoms with van der Waals surface area (Å²) in [7, 11) is 0. The maximum Gasteiger partial charge on any atom is 0.172 e. The molecule has 0 aromatic heterocycles. The highest BCUT2D eigenvalue weighted by Crippen LogP contribution is 2.35. The van der Waals surface area contributed by atoms with Gasteiger partial charge in [-0.15, -0.1) is 0 Å². The molecule has 0 amide bonds. The van der Waals surface area contributed by atoms with Gasteiger partial charge in [0.15, 0.2) is 5.78 Å². The van der Waals surface area contributed by atoms with E-state index in [1.807, 2.05) is 19.1 Å². The van der Waals surface area contributed by atoms with Gasteiger partial charge in [-0.1, -0.05) is 15.9 Å². The predicted octanol–water partition coefficient (Wildman–Crippen LogP) is 2.99. The van der Waals surface area contributed by atoms with E-state index in [0.717, 1.165) is 28.6 Å². The summed E-state index contributed by atoms with van der Waals surface area (Å²) in [6.45, 7) is 3.21. The van der Waals surface area contributed by atoms with E-state index in [0.29, 0.717) is 18.8 Å². The Morgan fingerprint density at radius 2 is 2.28 bits per heavy atom. The van der Waals surface area contributed by atoms with Crippen molar-refractivity contribution in [3.8, 4) is 5.75 Å². The van der Waals surface area contributed by atoms with Crippen molar-refractivity contribution in [2.45, 2.75) is 25.9 Å². The zero-order chi connectivity index (χ0) is 12.7. The van der Waals surface area contributed by atoms with Crippen LogP contribution in [0, 0.1) is 5.92 Å². The first-order valence-corrected chi connectivity index (χ1v) is 7.05. The zero-order valence-corrected chi connectivity index (χ0v) is 11.8. The second-order valence-corrected chi connectivity index (χ2v) is 5.90. The molecular formula is C14H15BrO3. The third-order valence-corrected chi connectivity index (χ3v) is 4.04. The number of ether oxygens (including phenoxy) is 2. The van der Waals surface area contributed by atoms with Gasteiger partial charge in [0.1, 0.15) is 5.75 Å². The highest BCUT2D eigenvalue weighted by atomic mass is 79.9. The molecule has 2 atom stereocenters. The summed E-state index contributed by atoms with van der Waals surface area (Å²) in [6.07, 6.45) is 1.87. The summed E-state index contributed by atoms with van der Waals surface area (Å²) in [5, 5.41) is 0. The molecule has 96 valence electrons. The summed E-state index contributed by atoms with van der Waals surface area (Å²) in [5.74, 6) is 0.907. The van der Waals surface area contributed by atoms with Crippen LogP contribution in [0.4, 0.5) is 0 Å². The minimum Gasteiger partial charge on any atom is -0.492 e. The van der Waals surface area contributed by atoms with Gasteiger partial charge in [-0.3, -0.25) is 4.79 Å². The van der Waals surface area contributed by atoms with Gasteiger partial charge in [0.05, 0.1) is 24.9 Å². The van der Waals surface area contributed by atoms with E-state index in [1.54, 1.807) is 0 Å². The lowest BCUT2D eigenvalue weighted by Crippen LogP contribution is -2.15. The van der Waals surface area contributed by atoms with E-state index in [2.05, 4.69) is 15.9 Å². The van der Waals surface area contributed by atoms with Gasteiger partial charge < -0.3 is 9.47 Å². The van der Waals surface area contributed by atoms with E-state index < -0.39 is 0 Å². The van der Waals surface area contributed by atoms with Crippen LogP contribution in [0.15, 0.2) is 16.6 Å². The number of ketones is 1. The zero-order valence-electron chi connectivity index (χ0n) is 10.2. The largest absolute Gasteiger partial charge is 0.492 e. The van der Waals surface area contributed by atoms with Crippen LogP contribution in [0.25, 0.3) is 0 Å². The fourth-order valence-corrected chi connectivity index (χ4v) is 3.18. The summed E-state index contributed by atoms with van der Waals surface area (Å²) in [5.41, 5.74) is 1.83. The summed E-state index contributed by atoms with van der Waals surface area (Å²) in [6, 6.07) is 3.91. The molecule has 1 aromatic carbocycles. The van der Waals surface area contributed by atoms with Crippen LogP contribution in [0.1, 0.15) is 29.3 Å². The first kappa shape index (κ1) is 12.2. The van der Waals surface area contributed by atoms with E-state index in [4.69, 9.17) is 9.47 Å². The quantitative estimate of drug-likeness (QED) is 0.788. The van der Waals surface area contributed by atoms with E-state index in [1.165, 1.54) is 0 Å². The van der Waals surface area contributed by atoms with Gasteiger partial charge in [0, 0.05) is 16.8 Å². The van der Waals surface area contributed by atoms with Gasteiger partial charge in [-0.25, -0.2) is 0 Å². The molecule has 2 heterocycles. The van der Waals surface area contributed by atoms with Crippen LogP contribution in [-0.4, -0.2) is 25.1 Å². The normalized spacial score (nSPS) is 25.9. The molecule has 0 saturated carbocycles. The minimum absolute atomic E-state index is 0.0254. The number of carbonyl (C=O) groups excluding carboxylic acids is 1. The Labute approximate surface area is 115 Å². The van der Waals surface area contributed by atoms with Crippen LogP contribution in [0.5, 0.6) is 5.75 Å². The van der Waals surface area contributed by atoms with Crippen molar-refractivity contribution < 1.29 is 14.3 Å². The van der Waals surface area contributed by atoms with Crippen LogP contribution < -0.4 is 4.74 Å². The Balaban J connectivity index is 1.94. The monoisotopic (exact) mass is 310 g/mol. The number of hydrogen-bond acceptors (Lipinski definition) is 3.